The van der Waals surface area contributed by atoms with Gasteiger partial charge >= 0.3 is 51.4 Å². The number of aliphatic hydroxyl groups excluding tert-OH is 1. The van der Waals surface area contributed by atoms with Crippen molar-refractivity contribution >= 4 is 10.1 Å². The number of hydrogen-bond donors (Lipinski definition) is 1. The van der Waals surface area contributed by atoms with Gasteiger partial charge in [0.05, 0.1) is 16.2 Å². The smallest absolute Gasteiger partial charge is 0.748 e. The molecule has 23 heavy (non-hydrogen) atoms. The summed E-state index contributed by atoms with van der Waals surface area (Å²) in [6.07, 6.45) is 11.7. The van der Waals surface area contributed by atoms with Crippen molar-refractivity contribution in [2.75, 3.05) is 0 Å². The molecule has 2 unspecified atom stereocenters. The molecule has 0 spiro atoms. The molecule has 0 rings (SSSR count). The van der Waals surface area contributed by atoms with Crippen LogP contribution < -0.4 is 51.4 Å². The summed E-state index contributed by atoms with van der Waals surface area (Å²) in [6.45, 7) is 4.08. The molecule has 2 atom stereocenters. The van der Waals surface area contributed by atoms with Crippen molar-refractivity contribution in [3.8, 4) is 0 Å². The summed E-state index contributed by atoms with van der Waals surface area (Å²) in [5.41, 5.74) is 0. The summed E-state index contributed by atoms with van der Waals surface area (Å²) in [4.78, 5) is 0. The van der Waals surface area contributed by atoms with E-state index >= 15 is 0 Å². The Morgan fingerprint density at radius 3 is 1.70 bits per heavy atom. The summed E-state index contributed by atoms with van der Waals surface area (Å²) < 4.78 is 33.3. The van der Waals surface area contributed by atoms with Gasteiger partial charge < -0.3 is 9.66 Å². The van der Waals surface area contributed by atoms with Crippen molar-refractivity contribution in [2.24, 2.45) is 0 Å². The maximum atomic E-state index is 11.1. The second kappa shape index (κ2) is 16.9. The van der Waals surface area contributed by atoms with Gasteiger partial charge in [-0.3, -0.25) is 0 Å². The Morgan fingerprint density at radius 2 is 1.26 bits per heavy atom. The third kappa shape index (κ3) is 16.7. The van der Waals surface area contributed by atoms with Crippen molar-refractivity contribution in [3.05, 3.63) is 0 Å². The first-order valence-corrected chi connectivity index (χ1v) is 10.5. The zero-order chi connectivity index (χ0) is 16.8. The molecule has 0 bridgehead atoms. The quantitative estimate of drug-likeness (QED) is 0.267. The minimum absolute atomic E-state index is 0. The van der Waals surface area contributed by atoms with Crippen LogP contribution >= 0.6 is 0 Å². The van der Waals surface area contributed by atoms with Gasteiger partial charge in [-0.2, -0.15) is 0 Å². The molecule has 1 N–H and O–H groups in total. The van der Waals surface area contributed by atoms with Crippen molar-refractivity contribution in [1.29, 1.82) is 0 Å². The molecule has 6 heteroatoms. The van der Waals surface area contributed by atoms with Gasteiger partial charge in [-0.25, -0.2) is 8.42 Å². The van der Waals surface area contributed by atoms with E-state index < -0.39 is 15.4 Å². The molecule has 0 aliphatic carbocycles. The van der Waals surface area contributed by atoms with Crippen LogP contribution in [0.3, 0.4) is 0 Å². The molecule has 0 amide bonds. The van der Waals surface area contributed by atoms with Gasteiger partial charge in [-0.15, -0.1) is 0 Å². The largest absolute Gasteiger partial charge is 1.00 e. The third-order valence-corrected chi connectivity index (χ3v) is 5.51. The van der Waals surface area contributed by atoms with E-state index in [0.29, 0.717) is 12.8 Å². The number of aliphatic hydroxyl groups is 1. The standard InChI is InChI=1S/C17H36O4S.K/c1-3-5-6-9-13-16(18)14-10-7-8-11-15-17(12-4-2)22(19,20)21;/h16-18H,3-15H2,1-2H3,(H,19,20,21);/q;+1/p-1. The Labute approximate surface area is 186 Å². The van der Waals surface area contributed by atoms with E-state index in [-0.39, 0.29) is 57.5 Å². The van der Waals surface area contributed by atoms with Crippen LogP contribution in [0, 0.1) is 0 Å². The number of rotatable bonds is 15. The van der Waals surface area contributed by atoms with Crippen molar-refractivity contribution < 1.29 is 69.5 Å². The first-order chi connectivity index (χ1) is 10.4. The zero-order valence-electron chi connectivity index (χ0n) is 15.4. The van der Waals surface area contributed by atoms with Gasteiger partial charge in [0.25, 0.3) is 0 Å². The minimum atomic E-state index is -4.14. The van der Waals surface area contributed by atoms with Crippen molar-refractivity contribution in [3.63, 3.8) is 0 Å². The molecule has 0 saturated heterocycles. The van der Waals surface area contributed by atoms with Gasteiger partial charge in [-0.05, 0) is 25.7 Å². The van der Waals surface area contributed by atoms with Crippen LogP contribution in [-0.2, 0) is 10.1 Å². The monoisotopic (exact) mass is 374 g/mol. The molecule has 134 valence electrons. The van der Waals surface area contributed by atoms with E-state index in [0.717, 1.165) is 51.4 Å². The first-order valence-electron chi connectivity index (χ1n) is 9.04. The SMILES string of the molecule is CCCCCCC(O)CCCCCCC(CCC)S(=O)(=O)[O-].[K+]. The Bertz CT molecular complexity index is 347. The van der Waals surface area contributed by atoms with Crippen LogP contribution in [0.1, 0.15) is 97.3 Å². The van der Waals surface area contributed by atoms with Crippen LogP contribution in [0.25, 0.3) is 0 Å². The van der Waals surface area contributed by atoms with Crippen LogP contribution in [0.15, 0.2) is 0 Å². The van der Waals surface area contributed by atoms with Crippen molar-refractivity contribution in [1.82, 2.24) is 0 Å². The Kier molecular flexibility index (Phi) is 19.7. The fourth-order valence-electron chi connectivity index (χ4n) is 2.81. The predicted octanol–water partition coefficient (Wildman–Crippen LogP) is 1.38. The van der Waals surface area contributed by atoms with E-state index in [1.165, 1.54) is 19.3 Å². The van der Waals surface area contributed by atoms with E-state index in [1.807, 2.05) is 6.92 Å². The van der Waals surface area contributed by atoms with Crippen LogP contribution in [0.2, 0.25) is 0 Å². The van der Waals surface area contributed by atoms with E-state index in [9.17, 15) is 18.1 Å². The fourth-order valence-corrected chi connectivity index (χ4v) is 3.79. The Hall–Kier alpha value is 1.51. The second-order valence-electron chi connectivity index (χ2n) is 6.40. The third-order valence-electron chi connectivity index (χ3n) is 4.22. The van der Waals surface area contributed by atoms with Crippen LogP contribution in [-0.4, -0.2) is 29.4 Å². The molecule has 0 aliphatic heterocycles. The summed E-state index contributed by atoms with van der Waals surface area (Å²) in [6, 6.07) is 0. The maximum absolute atomic E-state index is 11.1. The summed E-state index contributed by atoms with van der Waals surface area (Å²) >= 11 is 0. The summed E-state index contributed by atoms with van der Waals surface area (Å²) in [5.74, 6) is 0. The molecule has 0 fully saturated rings. The molecule has 0 aliphatic rings. The first kappa shape index (κ1) is 26.7. The van der Waals surface area contributed by atoms with Gasteiger partial charge in [0.1, 0.15) is 0 Å². The van der Waals surface area contributed by atoms with E-state index in [4.69, 9.17) is 0 Å². The molecule has 0 aromatic heterocycles. The molecule has 0 aromatic carbocycles. The Balaban J connectivity index is 0. The average molecular weight is 375 g/mol. The summed E-state index contributed by atoms with van der Waals surface area (Å²) in [7, 11) is -4.14. The van der Waals surface area contributed by atoms with Gasteiger partial charge in [0, 0.05) is 5.25 Å². The maximum Gasteiger partial charge on any atom is 1.00 e. The number of hydrogen-bond acceptors (Lipinski definition) is 4. The van der Waals surface area contributed by atoms with Crippen LogP contribution in [0.5, 0.6) is 0 Å². The molecule has 0 aromatic rings. The molecule has 4 nitrogen and oxygen atoms in total. The van der Waals surface area contributed by atoms with Gasteiger partial charge in [0.2, 0.25) is 0 Å². The van der Waals surface area contributed by atoms with Gasteiger partial charge in [-0.1, -0.05) is 71.6 Å². The Morgan fingerprint density at radius 1 is 0.783 bits per heavy atom. The second-order valence-corrected chi connectivity index (χ2v) is 8.05. The van der Waals surface area contributed by atoms with Gasteiger partial charge in [0.15, 0.2) is 0 Å². The number of unbranched alkanes of at least 4 members (excludes halogenated alkanes) is 6. The fraction of sp³-hybridized carbons (Fsp3) is 1.00. The molecular formula is C17H35KO4S. The van der Waals surface area contributed by atoms with E-state index in [2.05, 4.69) is 6.92 Å². The molecule has 0 radical (unpaired) electrons. The average Bonchev–Trinajstić information content (AvgIpc) is 2.45. The van der Waals surface area contributed by atoms with Crippen molar-refractivity contribution in [2.45, 2.75) is 109 Å². The topological polar surface area (TPSA) is 77.4 Å². The predicted molar refractivity (Wildman–Crippen MR) is 90.9 cm³/mol. The van der Waals surface area contributed by atoms with E-state index in [1.54, 1.807) is 0 Å². The van der Waals surface area contributed by atoms with Crippen LogP contribution in [0.4, 0.5) is 0 Å². The molecule has 0 saturated carbocycles. The minimum Gasteiger partial charge on any atom is -0.748 e. The summed E-state index contributed by atoms with van der Waals surface area (Å²) in [5, 5.41) is 9.14. The zero-order valence-corrected chi connectivity index (χ0v) is 19.4. The normalized spacial score (nSPS) is 14.3. The molecular weight excluding hydrogens is 339 g/mol. The molecule has 0 heterocycles.